The summed E-state index contributed by atoms with van der Waals surface area (Å²) >= 11 is 0. The molecular weight excluding hydrogens is 239 g/mol. The van der Waals surface area contributed by atoms with E-state index in [0.717, 1.165) is 0 Å². The van der Waals surface area contributed by atoms with Gasteiger partial charge < -0.3 is 15.6 Å². The second kappa shape index (κ2) is 5.22. The maximum absolute atomic E-state index is 11.8. The van der Waals surface area contributed by atoms with Crippen LogP contribution in [0.1, 0.15) is 32.1 Å². The van der Waals surface area contributed by atoms with Gasteiger partial charge in [-0.2, -0.15) is 13.2 Å². The fourth-order valence-electron chi connectivity index (χ4n) is 1.89. The van der Waals surface area contributed by atoms with E-state index >= 15 is 0 Å². The number of carbonyl (C=O) groups is 1. The Labute approximate surface area is 96.9 Å². The van der Waals surface area contributed by atoms with Crippen molar-refractivity contribution in [3.8, 4) is 0 Å². The predicted molar refractivity (Wildman–Crippen MR) is 53.4 cm³/mol. The Kier molecular flexibility index (Phi) is 4.37. The van der Waals surface area contributed by atoms with Crippen LogP contribution in [0.15, 0.2) is 0 Å². The van der Waals surface area contributed by atoms with Crippen molar-refractivity contribution in [2.45, 2.75) is 49.9 Å². The van der Waals surface area contributed by atoms with Crippen molar-refractivity contribution in [2.75, 3.05) is 6.61 Å². The monoisotopic (exact) mass is 255 g/mol. The van der Waals surface area contributed by atoms with Crippen LogP contribution in [-0.4, -0.2) is 35.5 Å². The van der Waals surface area contributed by atoms with E-state index in [4.69, 9.17) is 15.6 Å². The summed E-state index contributed by atoms with van der Waals surface area (Å²) in [5.74, 6) is -1.08. The largest absolute Gasteiger partial charge is 0.480 e. The summed E-state index contributed by atoms with van der Waals surface area (Å²) in [5.41, 5.74) is 4.32. The highest BCUT2D eigenvalue weighted by Gasteiger charge is 2.42. The number of alkyl halides is 3. The quantitative estimate of drug-likeness (QED) is 0.733. The van der Waals surface area contributed by atoms with Crippen molar-refractivity contribution in [3.05, 3.63) is 0 Å². The van der Waals surface area contributed by atoms with Crippen molar-refractivity contribution in [1.29, 1.82) is 0 Å². The van der Waals surface area contributed by atoms with Crippen molar-refractivity contribution >= 4 is 5.97 Å². The highest BCUT2D eigenvalue weighted by atomic mass is 19.4. The molecule has 0 heterocycles. The first-order chi connectivity index (χ1) is 7.73. The molecule has 2 unspecified atom stereocenters. The Morgan fingerprint density at radius 1 is 1.53 bits per heavy atom. The Balaban J connectivity index is 2.21. The maximum Gasteiger partial charge on any atom is 0.389 e. The van der Waals surface area contributed by atoms with E-state index in [2.05, 4.69) is 0 Å². The van der Waals surface area contributed by atoms with Gasteiger partial charge in [0.2, 0.25) is 0 Å². The molecule has 1 saturated carbocycles. The van der Waals surface area contributed by atoms with Crippen LogP contribution in [0.25, 0.3) is 0 Å². The molecule has 1 rings (SSSR count). The number of carboxylic acids is 1. The van der Waals surface area contributed by atoms with E-state index in [1.54, 1.807) is 0 Å². The molecule has 0 amide bonds. The van der Waals surface area contributed by atoms with Crippen LogP contribution in [0.4, 0.5) is 13.2 Å². The van der Waals surface area contributed by atoms with Gasteiger partial charge in [-0.1, -0.05) is 0 Å². The van der Waals surface area contributed by atoms with Gasteiger partial charge in [0.25, 0.3) is 0 Å². The lowest BCUT2D eigenvalue weighted by Crippen LogP contribution is -2.45. The van der Waals surface area contributed by atoms with Gasteiger partial charge in [0.15, 0.2) is 0 Å². The van der Waals surface area contributed by atoms with Gasteiger partial charge in [-0.15, -0.1) is 0 Å². The minimum absolute atomic E-state index is 0.0140. The smallest absolute Gasteiger partial charge is 0.389 e. The molecule has 0 spiro atoms. The summed E-state index contributed by atoms with van der Waals surface area (Å²) in [6, 6.07) is 0. The van der Waals surface area contributed by atoms with Crippen LogP contribution in [0, 0.1) is 0 Å². The number of hydrogen-bond donors (Lipinski definition) is 2. The third-order valence-electron chi connectivity index (χ3n) is 2.89. The SMILES string of the molecule is NC1(C(=O)O)CCC(OCCCC(F)(F)F)C1. The van der Waals surface area contributed by atoms with Gasteiger partial charge in [-0.25, -0.2) is 0 Å². The fourth-order valence-corrected chi connectivity index (χ4v) is 1.89. The fraction of sp³-hybridized carbons (Fsp3) is 0.900. The summed E-state index contributed by atoms with van der Waals surface area (Å²) in [6.07, 6.45) is -4.56. The van der Waals surface area contributed by atoms with E-state index in [9.17, 15) is 18.0 Å². The van der Waals surface area contributed by atoms with Crippen LogP contribution in [0.5, 0.6) is 0 Å². The minimum atomic E-state index is -4.17. The Hall–Kier alpha value is -0.820. The maximum atomic E-state index is 11.8. The van der Waals surface area contributed by atoms with E-state index in [-0.39, 0.29) is 25.6 Å². The molecular formula is C10H16F3NO3. The molecule has 0 aromatic rings. The van der Waals surface area contributed by atoms with Crippen LogP contribution in [-0.2, 0) is 9.53 Å². The molecule has 0 bridgehead atoms. The van der Waals surface area contributed by atoms with Crippen LogP contribution in [0.2, 0.25) is 0 Å². The van der Waals surface area contributed by atoms with E-state index in [1.165, 1.54) is 0 Å². The number of hydrogen-bond acceptors (Lipinski definition) is 3. The van der Waals surface area contributed by atoms with Gasteiger partial charge in [0.05, 0.1) is 6.10 Å². The first kappa shape index (κ1) is 14.2. The molecule has 7 heteroatoms. The van der Waals surface area contributed by atoms with E-state index in [0.29, 0.717) is 12.8 Å². The highest BCUT2D eigenvalue weighted by Crippen LogP contribution is 2.30. The molecule has 0 aliphatic heterocycles. The van der Waals surface area contributed by atoms with Gasteiger partial charge in [-0.3, -0.25) is 4.79 Å². The van der Waals surface area contributed by atoms with Crippen LogP contribution in [0.3, 0.4) is 0 Å². The van der Waals surface area contributed by atoms with Crippen molar-refractivity contribution in [2.24, 2.45) is 5.73 Å². The first-order valence-electron chi connectivity index (χ1n) is 5.43. The third kappa shape index (κ3) is 4.51. The van der Waals surface area contributed by atoms with Crippen LogP contribution < -0.4 is 5.73 Å². The molecule has 0 aromatic carbocycles. The normalized spacial score (nSPS) is 29.5. The zero-order chi connectivity index (χ0) is 13.1. The second-order valence-corrected chi connectivity index (χ2v) is 4.42. The zero-order valence-electron chi connectivity index (χ0n) is 9.29. The topological polar surface area (TPSA) is 72.6 Å². The molecule has 0 aromatic heterocycles. The Bertz CT molecular complexity index is 282. The lowest BCUT2D eigenvalue weighted by atomic mass is 10.00. The summed E-state index contributed by atoms with van der Waals surface area (Å²) in [5, 5.41) is 8.84. The molecule has 2 atom stereocenters. The lowest BCUT2D eigenvalue weighted by molar-refractivity contribution is -0.143. The number of nitrogens with two attached hydrogens (primary N) is 1. The summed E-state index contributed by atoms with van der Waals surface area (Å²) in [4.78, 5) is 10.8. The average molecular weight is 255 g/mol. The Morgan fingerprint density at radius 3 is 2.65 bits per heavy atom. The molecule has 1 aliphatic rings. The first-order valence-corrected chi connectivity index (χ1v) is 5.43. The predicted octanol–water partition coefficient (Wildman–Crippen LogP) is 1.68. The van der Waals surface area contributed by atoms with E-state index < -0.39 is 24.1 Å². The van der Waals surface area contributed by atoms with E-state index in [1.807, 2.05) is 0 Å². The highest BCUT2D eigenvalue weighted by molar-refractivity contribution is 5.78. The second-order valence-electron chi connectivity index (χ2n) is 4.42. The molecule has 1 fully saturated rings. The number of rotatable bonds is 5. The van der Waals surface area contributed by atoms with Crippen molar-refractivity contribution in [1.82, 2.24) is 0 Å². The molecule has 1 aliphatic carbocycles. The lowest BCUT2D eigenvalue weighted by Gasteiger charge is -2.18. The van der Waals surface area contributed by atoms with Crippen molar-refractivity contribution in [3.63, 3.8) is 0 Å². The summed E-state index contributed by atoms with van der Waals surface area (Å²) in [6.45, 7) is -0.0140. The van der Waals surface area contributed by atoms with Gasteiger partial charge in [0, 0.05) is 19.4 Å². The van der Waals surface area contributed by atoms with Gasteiger partial charge >= 0.3 is 12.1 Å². The van der Waals surface area contributed by atoms with Gasteiger partial charge in [0.1, 0.15) is 5.54 Å². The molecule has 3 N–H and O–H groups in total. The number of ether oxygens (including phenoxy) is 1. The standard InChI is InChI=1S/C10H16F3NO3/c11-10(12,13)3-1-5-17-7-2-4-9(14,6-7)8(15)16/h7H,1-6,14H2,(H,15,16). The summed E-state index contributed by atoms with van der Waals surface area (Å²) < 4.78 is 40.7. The molecule has 17 heavy (non-hydrogen) atoms. The average Bonchev–Trinajstić information content (AvgIpc) is 2.55. The Morgan fingerprint density at radius 2 is 2.18 bits per heavy atom. The third-order valence-corrected chi connectivity index (χ3v) is 2.89. The van der Waals surface area contributed by atoms with Gasteiger partial charge in [-0.05, 0) is 19.3 Å². The number of aliphatic carboxylic acids is 1. The number of halogens is 3. The van der Waals surface area contributed by atoms with Crippen molar-refractivity contribution < 1.29 is 27.8 Å². The molecule has 100 valence electrons. The summed E-state index contributed by atoms with van der Waals surface area (Å²) in [7, 11) is 0. The molecule has 0 saturated heterocycles. The zero-order valence-corrected chi connectivity index (χ0v) is 9.29. The molecule has 4 nitrogen and oxygen atoms in total. The molecule has 0 radical (unpaired) electrons. The minimum Gasteiger partial charge on any atom is -0.480 e. The van der Waals surface area contributed by atoms with Crippen LogP contribution >= 0.6 is 0 Å². The number of carboxylic acid groups (broad SMARTS) is 1.